The van der Waals surface area contributed by atoms with Crippen molar-refractivity contribution in [2.24, 2.45) is 0 Å². The normalized spacial score (nSPS) is 38.6. The van der Waals surface area contributed by atoms with Crippen LogP contribution in [0.4, 0.5) is 0 Å². The minimum atomic E-state index is 0.588. The second-order valence-corrected chi connectivity index (χ2v) is 5.22. The van der Waals surface area contributed by atoms with Crippen LogP contribution in [0, 0.1) is 0 Å². The minimum absolute atomic E-state index is 0.588. The molecule has 0 nitrogen and oxygen atoms in total. The summed E-state index contributed by atoms with van der Waals surface area (Å²) in [5.41, 5.74) is 1.13. The summed E-state index contributed by atoms with van der Waals surface area (Å²) < 4.78 is 0. The molecule has 2 atom stereocenters. The Bertz CT molecular complexity index is 61.2. The zero-order valence-electron chi connectivity index (χ0n) is 5.15. The van der Waals surface area contributed by atoms with Gasteiger partial charge in [-0.1, -0.05) is 20.3 Å². The van der Waals surface area contributed by atoms with Gasteiger partial charge >= 0.3 is 0 Å². The summed E-state index contributed by atoms with van der Waals surface area (Å²) in [5.74, 6) is 0. The molecule has 0 radical (unpaired) electrons. The predicted octanol–water partition coefficient (Wildman–Crippen LogP) is 2.28. The van der Waals surface area contributed by atoms with Crippen molar-refractivity contribution in [2.75, 3.05) is 12.3 Å². The maximum atomic E-state index is 2.38. The maximum absolute atomic E-state index is 2.38. The van der Waals surface area contributed by atoms with Gasteiger partial charge in [-0.3, -0.25) is 0 Å². The first-order valence-corrected chi connectivity index (χ1v) is 4.86. The molecule has 0 saturated carbocycles. The Hall–Kier alpha value is 0.430. The smallest absolute Gasteiger partial charge is 0.0198 e. The Labute approximate surface area is 47.1 Å². The summed E-state index contributed by atoms with van der Waals surface area (Å²) in [6.45, 7) is 4.66. The number of hydrogen-bond donors (Lipinski definition) is 0. The van der Waals surface area contributed by atoms with Crippen LogP contribution in [-0.4, -0.2) is 18.0 Å². The van der Waals surface area contributed by atoms with Crippen LogP contribution in [0.5, 0.6) is 0 Å². The highest BCUT2D eigenvalue weighted by atomic mass is 31.1. The Morgan fingerprint density at radius 2 is 2.29 bits per heavy atom. The van der Waals surface area contributed by atoms with Gasteiger partial charge in [-0.25, -0.2) is 0 Å². The van der Waals surface area contributed by atoms with Crippen molar-refractivity contribution in [1.29, 1.82) is 0 Å². The van der Waals surface area contributed by atoms with Crippen molar-refractivity contribution in [3.63, 3.8) is 0 Å². The van der Waals surface area contributed by atoms with E-state index >= 15 is 0 Å². The van der Waals surface area contributed by atoms with Gasteiger partial charge in [-0.2, -0.15) is 0 Å². The van der Waals surface area contributed by atoms with E-state index < -0.39 is 0 Å². The van der Waals surface area contributed by atoms with Gasteiger partial charge in [-0.05, 0) is 18.0 Å². The lowest BCUT2D eigenvalue weighted by Crippen LogP contribution is -1.68. The quantitative estimate of drug-likeness (QED) is 0.485. The molecule has 0 amide bonds. The van der Waals surface area contributed by atoms with Crippen LogP contribution in [0.2, 0.25) is 0 Å². The largest absolute Gasteiger partial charge is 0.103 e. The fraction of sp³-hybridized carbons (Fsp3) is 1.00. The molecule has 1 rings (SSSR count). The van der Waals surface area contributed by atoms with Crippen LogP contribution < -0.4 is 0 Å². The average Bonchev–Trinajstić information content (AvgIpc) is 2.22. The van der Waals surface area contributed by atoms with Crippen LogP contribution in [0.15, 0.2) is 0 Å². The fourth-order valence-corrected chi connectivity index (χ4v) is 3.02. The monoisotopic (exact) mass is 116 g/mol. The van der Waals surface area contributed by atoms with Crippen molar-refractivity contribution >= 4 is 7.92 Å². The third-order valence-electron chi connectivity index (χ3n) is 1.50. The lowest BCUT2D eigenvalue weighted by Gasteiger charge is -1.87. The first-order valence-electron chi connectivity index (χ1n) is 3.08. The van der Waals surface area contributed by atoms with Gasteiger partial charge in [0, 0.05) is 0 Å². The molecule has 0 N–H and O–H groups in total. The average molecular weight is 116 g/mol. The standard InChI is InChI=1S/C6H13P/c1-3-4-7-5-6(7)2/h6H,3-5H2,1-2H3. The summed E-state index contributed by atoms with van der Waals surface area (Å²) in [5, 5.41) is 0. The first kappa shape index (κ1) is 5.56. The Kier molecular flexibility index (Phi) is 1.69. The molecule has 1 saturated heterocycles. The molecule has 0 aliphatic carbocycles. The molecular formula is C6H13P. The lowest BCUT2D eigenvalue weighted by molar-refractivity contribution is 1.10. The van der Waals surface area contributed by atoms with Gasteiger partial charge in [-0.15, -0.1) is 7.92 Å². The Morgan fingerprint density at radius 1 is 1.71 bits per heavy atom. The molecule has 1 fully saturated rings. The summed E-state index contributed by atoms with van der Waals surface area (Å²) in [4.78, 5) is 0. The van der Waals surface area contributed by atoms with Gasteiger partial charge in [0.1, 0.15) is 0 Å². The van der Waals surface area contributed by atoms with E-state index in [1.165, 1.54) is 12.6 Å². The molecule has 0 aromatic carbocycles. The molecule has 0 bridgehead atoms. The van der Waals surface area contributed by atoms with Gasteiger partial charge < -0.3 is 0 Å². The molecule has 0 aromatic rings. The molecule has 2 unspecified atom stereocenters. The maximum Gasteiger partial charge on any atom is -0.0198 e. The van der Waals surface area contributed by atoms with E-state index in [0.29, 0.717) is 7.92 Å². The second kappa shape index (κ2) is 2.13. The van der Waals surface area contributed by atoms with E-state index in [0.717, 1.165) is 5.66 Å². The highest BCUT2D eigenvalue weighted by Gasteiger charge is 2.29. The topological polar surface area (TPSA) is 0 Å². The van der Waals surface area contributed by atoms with Crippen molar-refractivity contribution in [1.82, 2.24) is 0 Å². The molecular weight excluding hydrogens is 103 g/mol. The third-order valence-corrected chi connectivity index (χ3v) is 4.50. The van der Waals surface area contributed by atoms with E-state index in [4.69, 9.17) is 0 Å². The Balaban J connectivity index is 1.98. The zero-order chi connectivity index (χ0) is 5.28. The molecule has 1 heterocycles. The second-order valence-electron chi connectivity index (χ2n) is 2.34. The van der Waals surface area contributed by atoms with E-state index in [1.54, 1.807) is 6.16 Å². The lowest BCUT2D eigenvalue weighted by atomic mass is 10.6. The van der Waals surface area contributed by atoms with Crippen molar-refractivity contribution in [2.45, 2.75) is 25.9 Å². The molecule has 1 heteroatoms. The van der Waals surface area contributed by atoms with Gasteiger partial charge in [0.2, 0.25) is 0 Å². The summed E-state index contributed by atoms with van der Waals surface area (Å²) >= 11 is 0. The third kappa shape index (κ3) is 1.42. The number of hydrogen-bond acceptors (Lipinski definition) is 0. The zero-order valence-corrected chi connectivity index (χ0v) is 6.04. The van der Waals surface area contributed by atoms with Gasteiger partial charge in [0.15, 0.2) is 0 Å². The SMILES string of the molecule is CCCP1CC1C. The van der Waals surface area contributed by atoms with E-state index in [2.05, 4.69) is 13.8 Å². The van der Waals surface area contributed by atoms with E-state index in [-0.39, 0.29) is 0 Å². The Morgan fingerprint density at radius 3 is 2.43 bits per heavy atom. The minimum Gasteiger partial charge on any atom is -0.103 e. The van der Waals surface area contributed by atoms with E-state index in [9.17, 15) is 0 Å². The first-order chi connectivity index (χ1) is 3.34. The van der Waals surface area contributed by atoms with Gasteiger partial charge in [0.25, 0.3) is 0 Å². The van der Waals surface area contributed by atoms with Gasteiger partial charge in [0.05, 0.1) is 0 Å². The highest BCUT2D eigenvalue weighted by Crippen LogP contribution is 2.58. The predicted molar refractivity (Wildman–Crippen MR) is 36.4 cm³/mol. The summed E-state index contributed by atoms with van der Waals surface area (Å²) in [6, 6.07) is 0. The van der Waals surface area contributed by atoms with Crippen LogP contribution in [0.3, 0.4) is 0 Å². The highest BCUT2D eigenvalue weighted by molar-refractivity contribution is 7.66. The molecule has 0 aromatic heterocycles. The molecule has 7 heavy (non-hydrogen) atoms. The van der Waals surface area contributed by atoms with Crippen LogP contribution in [-0.2, 0) is 0 Å². The van der Waals surface area contributed by atoms with Crippen molar-refractivity contribution in [3.05, 3.63) is 0 Å². The number of rotatable bonds is 2. The van der Waals surface area contributed by atoms with Crippen molar-refractivity contribution in [3.8, 4) is 0 Å². The van der Waals surface area contributed by atoms with E-state index in [1.807, 2.05) is 0 Å². The molecule has 0 spiro atoms. The van der Waals surface area contributed by atoms with Crippen LogP contribution >= 0.6 is 7.92 Å². The van der Waals surface area contributed by atoms with Crippen LogP contribution in [0.25, 0.3) is 0 Å². The molecule has 42 valence electrons. The summed E-state index contributed by atoms with van der Waals surface area (Å²) in [7, 11) is 0.588. The fourth-order valence-electron chi connectivity index (χ4n) is 0.891. The molecule has 1 aliphatic rings. The molecule has 1 aliphatic heterocycles. The van der Waals surface area contributed by atoms with Crippen LogP contribution in [0.1, 0.15) is 20.3 Å². The van der Waals surface area contributed by atoms with Crippen molar-refractivity contribution < 1.29 is 0 Å². The summed E-state index contributed by atoms with van der Waals surface area (Å²) in [6.07, 6.45) is 4.52.